The van der Waals surface area contributed by atoms with Gasteiger partial charge in [0.05, 0.1) is 21.8 Å². The van der Waals surface area contributed by atoms with Crippen molar-refractivity contribution in [3.63, 3.8) is 0 Å². The number of nitrogens with one attached hydrogen (secondary N) is 3. The van der Waals surface area contributed by atoms with E-state index in [1.807, 2.05) is 70.2 Å². The van der Waals surface area contributed by atoms with Gasteiger partial charge in [-0.3, -0.25) is 29.8 Å². The Kier molecular flexibility index (Phi) is 9.22. The van der Waals surface area contributed by atoms with Crippen molar-refractivity contribution in [1.82, 2.24) is 39.5 Å². The minimum Gasteiger partial charge on any atom is -0.294 e. The van der Waals surface area contributed by atoms with Crippen LogP contribution in [-0.2, 0) is 6.54 Å². The first-order valence-corrected chi connectivity index (χ1v) is 14.7. The summed E-state index contributed by atoms with van der Waals surface area (Å²) in [5, 5.41) is 7.25. The summed E-state index contributed by atoms with van der Waals surface area (Å²) in [5.74, 6) is 2.18. The Bertz CT molecular complexity index is 2060. The Morgan fingerprint density at radius 1 is 0.689 bits per heavy atom. The van der Waals surface area contributed by atoms with Crippen LogP contribution in [0.15, 0.2) is 70.3 Å². The molecule has 0 fully saturated rings. The van der Waals surface area contributed by atoms with E-state index in [1.54, 1.807) is 22.8 Å². The number of hydrogen-bond donors (Lipinski definition) is 3. The highest BCUT2D eigenvalue weighted by atomic mass is 16.1. The lowest BCUT2D eigenvalue weighted by Gasteiger charge is -2.15. The van der Waals surface area contributed by atoms with Crippen LogP contribution in [-0.4, -0.2) is 39.5 Å². The molecule has 0 bridgehead atoms. The molecule has 6 aromatic rings. The number of hydrogen-bond acceptors (Lipinski definition) is 10. The van der Waals surface area contributed by atoms with E-state index in [0.717, 1.165) is 29.2 Å². The molecule has 45 heavy (non-hydrogen) atoms. The number of fused-ring (bicyclic) bond motifs is 2. The summed E-state index contributed by atoms with van der Waals surface area (Å²) in [6.07, 6.45) is 0.891. The fourth-order valence-corrected chi connectivity index (χ4v) is 4.77. The zero-order valence-corrected chi connectivity index (χ0v) is 26.2. The fourth-order valence-electron chi connectivity index (χ4n) is 4.77. The Morgan fingerprint density at radius 2 is 1.20 bits per heavy atom. The van der Waals surface area contributed by atoms with E-state index >= 15 is 0 Å². The van der Waals surface area contributed by atoms with Crippen molar-refractivity contribution < 1.29 is 0 Å². The number of nitrogens with zero attached hydrogens (tertiary/aromatic N) is 7. The molecular formula is C33H36N10O2. The van der Waals surface area contributed by atoms with Gasteiger partial charge in [-0.05, 0) is 76.4 Å². The van der Waals surface area contributed by atoms with Gasteiger partial charge in [-0.25, -0.2) is 29.9 Å². The van der Waals surface area contributed by atoms with Gasteiger partial charge < -0.3 is 0 Å². The predicted molar refractivity (Wildman–Crippen MR) is 177 cm³/mol. The van der Waals surface area contributed by atoms with Crippen LogP contribution in [0, 0.1) is 33.6 Å². The maximum atomic E-state index is 12.9. The summed E-state index contributed by atoms with van der Waals surface area (Å²) < 4.78 is 1.68. The van der Waals surface area contributed by atoms with Gasteiger partial charge >= 0.3 is 0 Å². The van der Waals surface area contributed by atoms with Crippen LogP contribution in [0.5, 0.6) is 0 Å². The van der Waals surface area contributed by atoms with Crippen molar-refractivity contribution in [3.05, 3.63) is 104 Å². The van der Waals surface area contributed by atoms with Gasteiger partial charge in [-0.2, -0.15) is 0 Å². The van der Waals surface area contributed by atoms with E-state index in [-0.39, 0.29) is 11.1 Å². The maximum absolute atomic E-state index is 12.9. The summed E-state index contributed by atoms with van der Waals surface area (Å²) in [5.41, 5.74) is 4.49. The Labute approximate surface area is 260 Å². The Hall–Kier alpha value is -5.52. The molecule has 230 valence electrons. The Balaban J connectivity index is 0.000000182. The van der Waals surface area contributed by atoms with Crippen LogP contribution in [0.25, 0.3) is 21.8 Å². The summed E-state index contributed by atoms with van der Waals surface area (Å²) in [7, 11) is 0. The van der Waals surface area contributed by atoms with Crippen LogP contribution in [0.4, 0.5) is 23.8 Å². The van der Waals surface area contributed by atoms with Crippen LogP contribution >= 0.6 is 0 Å². The van der Waals surface area contributed by atoms with Crippen molar-refractivity contribution in [1.29, 1.82) is 0 Å². The monoisotopic (exact) mass is 604 g/mol. The fraction of sp³-hybridized carbons (Fsp3) is 0.273. The van der Waals surface area contributed by atoms with Crippen molar-refractivity contribution in [3.8, 4) is 0 Å². The zero-order valence-electron chi connectivity index (χ0n) is 26.2. The molecule has 6 rings (SSSR count). The van der Waals surface area contributed by atoms with E-state index < -0.39 is 0 Å². The lowest BCUT2D eigenvalue weighted by molar-refractivity contribution is 0.510. The summed E-state index contributed by atoms with van der Waals surface area (Å²) in [6.45, 7) is 12.5. The number of anilines is 4. The van der Waals surface area contributed by atoms with Crippen molar-refractivity contribution >= 4 is 45.6 Å². The second-order valence-corrected chi connectivity index (χ2v) is 11.2. The quantitative estimate of drug-likeness (QED) is 0.208. The molecule has 12 nitrogen and oxygen atoms in total. The van der Waals surface area contributed by atoms with Gasteiger partial charge in [-0.15, -0.1) is 0 Å². The second kappa shape index (κ2) is 13.4. The SMILES string of the molecule is Cc1cc(C)nc(Nc2nc3ccccc3c(=O)[nH]2)n1.Cc1cc(C)nc(Nc2nc3ccccc3c(=O)n2CCC(C)C)n1. The topological polar surface area (TPSA) is 156 Å². The lowest BCUT2D eigenvalue weighted by atomic mass is 10.1. The predicted octanol–water partition coefficient (Wildman–Crippen LogP) is 5.67. The average Bonchev–Trinajstić information content (AvgIpc) is 2.96. The maximum Gasteiger partial charge on any atom is 0.262 e. The van der Waals surface area contributed by atoms with Gasteiger partial charge in [0.25, 0.3) is 11.1 Å². The van der Waals surface area contributed by atoms with E-state index in [4.69, 9.17) is 0 Å². The zero-order chi connectivity index (χ0) is 32.1. The third-order valence-electron chi connectivity index (χ3n) is 6.82. The molecule has 0 spiro atoms. The first kappa shape index (κ1) is 30.9. The van der Waals surface area contributed by atoms with Gasteiger partial charge in [0.1, 0.15) is 0 Å². The third-order valence-corrected chi connectivity index (χ3v) is 6.82. The highest BCUT2D eigenvalue weighted by Gasteiger charge is 2.13. The van der Waals surface area contributed by atoms with Crippen molar-refractivity contribution in [2.45, 2.75) is 54.5 Å². The molecule has 0 amide bonds. The van der Waals surface area contributed by atoms with Gasteiger partial charge in [0, 0.05) is 29.3 Å². The van der Waals surface area contributed by atoms with E-state index in [9.17, 15) is 9.59 Å². The molecule has 0 aliphatic carbocycles. The first-order chi connectivity index (χ1) is 21.5. The number of aromatic nitrogens is 8. The molecule has 0 aliphatic heterocycles. The van der Waals surface area contributed by atoms with E-state index in [0.29, 0.717) is 58.1 Å². The molecule has 0 radical (unpaired) electrons. The average molecular weight is 605 g/mol. The molecule has 0 unspecified atom stereocenters. The normalized spacial score (nSPS) is 11.0. The van der Waals surface area contributed by atoms with Crippen molar-refractivity contribution in [2.24, 2.45) is 5.92 Å². The molecular weight excluding hydrogens is 568 g/mol. The van der Waals surface area contributed by atoms with Gasteiger partial charge in [-0.1, -0.05) is 38.1 Å². The number of rotatable bonds is 7. The number of aryl methyl sites for hydroxylation is 4. The first-order valence-electron chi connectivity index (χ1n) is 14.7. The number of benzene rings is 2. The summed E-state index contributed by atoms with van der Waals surface area (Å²) in [4.78, 5) is 53.8. The highest BCUT2D eigenvalue weighted by molar-refractivity contribution is 5.79. The van der Waals surface area contributed by atoms with Gasteiger partial charge in [0.2, 0.25) is 23.8 Å². The minimum atomic E-state index is -0.192. The molecule has 0 saturated carbocycles. The molecule has 4 aromatic heterocycles. The van der Waals surface area contributed by atoms with Gasteiger partial charge in [0.15, 0.2) is 0 Å². The molecule has 12 heteroatoms. The molecule has 2 aromatic carbocycles. The van der Waals surface area contributed by atoms with Crippen LogP contribution in [0.3, 0.4) is 0 Å². The molecule has 0 atom stereocenters. The second-order valence-electron chi connectivity index (χ2n) is 11.2. The van der Waals surface area contributed by atoms with Crippen LogP contribution < -0.4 is 21.8 Å². The molecule has 0 saturated heterocycles. The summed E-state index contributed by atoms with van der Waals surface area (Å²) in [6, 6.07) is 18.3. The third kappa shape index (κ3) is 7.71. The number of H-pyrrole nitrogens is 1. The van der Waals surface area contributed by atoms with Crippen LogP contribution in [0.2, 0.25) is 0 Å². The van der Waals surface area contributed by atoms with Crippen LogP contribution in [0.1, 0.15) is 43.0 Å². The summed E-state index contributed by atoms with van der Waals surface area (Å²) >= 11 is 0. The smallest absolute Gasteiger partial charge is 0.262 e. The number of aromatic amines is 1. The van der Waals surface area contributed by atoms with Crippen molar-refractivity contribution in [2.75, 3.05) is 10.6 Å². The highest BCUT2D eigenvalue weighted by Crippen LogP contribution is 2.17. The Morgan fingerprint density at radius 3 is 1.78 bits per heavy atom. The molecule has 4 heterocycles. The lowest BCUT2D eigenvalue weighted by Crippen LogP contribution is -2.25. The van der Waals surface area contributed by atoms with E-state index in [2.05, 4.69) is 59.4 Å². The largest absolute Gasteiger partial charge is 0.294 e. The number of para-hydroxylation sites is 2. The van der Waals surface area contributed by atoms with E-state index in [1.165, 1.54) is 0 Å². The minimum absolute atomic E-state index is 0.0434. The molecule has 0 aliphatic rings. The molecule has 3 N–H and O–H groups in total. The standard InChI is InChI=1S/C19H23N5O.C14H13N5O/c1-12(2)9-10-24-17(25)15-7-5-6-8-16(15)22-19(24)23-18-20-13(3)11-14(4)21-18;1-8-7-9(2)16-13(15-8)19-14-17-11-6-4-3-5-10(11)12(20)18-14/h5-8,11-12H,9-10H2,1-4H3,(H,20,21,22,23);3-7H,1-2H3,(H2,15,16,17,18,19,20).